The van der Waals surface area contributed by atoms with Crippen LogP contribution in [-0.2, 0) is 9.84 Å². The SMILES string of the molecule is CC(C)C(CCl)CCCS(C)(=O)=O. The van der Waals surface area contributed by atoms with Gasteiger partial charge < -0.3 is 0 Å². The topological polar surface area (TPSA) is 34.1 Å². The predicted molar refractivity (Wildman–Crippen MR) is 58.0 cm³/mol. The molecule has 13 heavy (non-hydrogen) atoms. The van der Waals surface area contributed by atoms with Crippen LogP contribution in [0.4, 0.5) is 0 Å². The maximum absolute atomic E-state index is 10.8. The molecular formula is C9H19ClO2S. The second kappa shape index (κ2) is 5.86. The largest absolute Gasteiger partial charge is 0.229 e. The fourth-order valence-corrected chi connectivity index (χ4v) is 2.40. The van der Waals surface area contributed by atoms with Crippen molar-refractivity contribution >= 4 is 21.4 Å². The van der Waals surface area contributed by atoms with E-state index in [0.29, 0.717) is 17.7 Å². The lowest BCUT2D eigenvalue weighted by atomic mass is 9.93. The quantitative estimate of drug-likeness (QED) is 0.652. The van der Waals surface area contributed by atoms with E-state index < -0.39 is 9.84 Å². The van der Waals surface area contributed by atoms with Gasteiger partial charge in [-0.15, -0.1) is 11.6 Å². The second-order valence-electron chi connectivity index (χ2n) is 3.93. The van der Waals surface area contributed by atoms with Gasteiger partial charge in [0.1, 0.15) is 9.84 Å². The molecule has 0 aromatic heterocycles. The summed E-state index contributed by atoms with van der Waals surface area (Å²) in [5, 5.41) is 0. The Kier molecular flexibility index (Phi) is 5.97. The lowest BCUT2D eigenvalue weighted by Gasteiger charge is -2.17. The second-order valence-corrected chi connectivity index (χ2v) is 6.50. The fraction of sp³-hybridized carbons (Fsp3) is 1.00. The third-order valence-corrected chi connectivity index (χ3v) is 3.66. The van der Waals surface area contributed by atoms with E-state index in [1.54, 1.807) is 0 Å². The highest BCUT2D eigenvalue weighted by Gasteiger charge is 2.12. The first-order valence-corrected chi connectivity index (χ1v) is 7.20. The van der Waals surface area contributed by atoms with E-state index in [0.717, 1.165) is 12.8 Å². The summed E-state index contributed by atoms with van der Waals surface area (Å²) in [7, 11) is -2.80. The third-order valence-electron chi connectivity index (χ3n) is 2.23. The Hall–Kier alpha value is 0.240. The van der Waals surface area contributed by atoms with Crippen LogP contribution in [0, 0.1) is 11.8 Å². The van der Waals surface area contributed by atoms with Crippen molar-refractivity contribution in [2.75, 3.05) is 17.9 Å². The highest BCUT2D eigenvalue weighted by Crippen LogP contribution is 2.18. The molecule has 4 heteroatoms. The van der Waals surface area contributed by atoms with E-state index in [4.69, 9.17) is 11.6 Å². The lowest BCUT2D eigenvalue weighted by Crippen LogP contribution is -2.12. The van der Waals surface area contributed by atoms with Crippen LogP contribution in [-0.4, -0.2) is 26.3 Å². The molecule has 0 aromatic rings. The van der Waals surface area contributed by atoms with Gasteiger partial charge in [-0.3, -0.25) is 0 Å². The van der Waals surface area contributed by atoms with E-state index in [1.807, 2.05) is 0 Å². The van der Waals surface area contributed by atoms with Crippen LogP contribution in [0.2, 0.25) is 0 Å². The van der Waals surface area contributed by atoms with Crippen LogP contribution in [0.1, 0.15) is 26.7 Å². The summed E-state index contributed by atoms with van der Waals surface area (Å²) >= 11 is 5.76. The highest BCUT2D eigenvalue weighted by atomic mass is 35.5. The van der Waals surface area contributed by atoms with Crippen molar-refractivity contribution in [3.63, 3.8) is 0 Å². The molecule has 1 atom stereocenters. The van der Waals surface area contributed by atoms with Gasteiger partial charge in [-0.05, 0) is 24.7 Å². The van der Waals surface area contributed by atoms with Crippen molar-refractivity contribution < 1.29 is 8.42 Å². The summed E-state index contributed by atoms with van der Waals surface area (Å²) in [6.45, 7) is 4.24. The van der Waals surface area contributed by atoms with Gasteiger partial charge in [-0.25, -0.2) is 8.42 Å². The Morgan fingerprint density at radius 1 is 1.31 bits per heavy atom. The normalized spacial score (nSPS) is 14.8. The maximum atomic E-state index is 10.8. The summed E-state index contributed by atoms with van der Waals surface area (Å²) in [5.74, 6) is 1.90. The van der Waals surface area contributed by atoms with E-state index in [9.17, 15) is 8.42 Å². The smallest absolute Gasteiger partial charge is 0.147 e. The molecular weight excluding hydrogens is 208 g/mol. The first-order chi connectivity index (χ1) is 5.87. The molecule has 0 aliphatic rings. The lowest BCUT2D eigenvalue weighted by molar-refractivity contribution is 0.393. The van der Waals surface area contributed by atoms with Gasteiger partial charge in [0.2, 0.25) is 0 Å². The van der Waals surface area contributed by atoms with Crippen molar-refractivity contribution in [2.24, 2.45) is 11.8 Å². The number of alkyl halides is 1. The number of hydrogen-bond donors (Lipinski definition) is 0. The monoisotopic (exact) mass is 226 g/mol. The minimum atomic E-state index is -2.80. The van der Waals surface area contributed by atoms with Gasteiger partial charge >= 0.3 is 0 Å². The highest BCUT2D eigenvalue weighted by molar-refractivity contribution is 7.90. The first-order valence-electron chi connectivity index (χ1n) is 4.60. The molecule has 0 bridgehead atoms. The van der Waals surface area contributed by atoms with Crippen LogP contribution in [0.25, 0.3) is 0 Å². The minimum Gasteiger partial charge on any atom is -0.229 e. The molecule has 0 aliphatic carbocycles. The number of rotatable bonds is 6. The predicted octanol–water partition coefficient (Wildman–Crippen LogP) is 2.32. The molecule has 0 amide bonds. The Morgan fingerprint density at radius 2 is 1.85 bits per heavy atom. The molecule has 0 spiro atoms. The van der Waals surface area contributed by atoms with Gasteiger partial charge in [0, 0.05) is 17.9 Å². The Labute approximate surface area is 86.6 Å². The van der Waals surface area contributed by atoms with Crippen LogP contribution >= 0.6 is 11.6 Å². The Balaban J connectivity index is 3.74. The van der Waals surface area contributed by atoms with E-state index in [1.165, 1.54) is 6.26 Å². The molecule has 0 N–H and O–H groups in total. The average molecular weight is 227 g/mol. The molecule has 1 unspecified atom stereocenters. The molecule has 0 saturated heterocycles. The molecule has 0 radical (unpaired) electrons. The van der Waals surface area contributed by atoms with Gasteiger partial charge in [0.15, 0.2) is 0 Å². The molecule has 0 aliphatic heterocycles. The molecule has 2 nitrogen and oxygen atoms in total. The van der Waals surface area contributed by atoms with Gasteiger partial charge in [-0.2, -0.15) is 0 Å². The summed E-state index contributed by atoms with van der Waals surface area (Å²) in [4.78, 5) is 0. The van der Waals surface area contributed by atoms with Crippen molar-refractivity contribution in [3.8, 4) is 0 Å². The molecule has 0 saturated carbocycles. The van der Waals surface area contributed by atoms with Gasteiger partial charge in [0.05, 0.1) is 0 Å². The van der Waals surface area contributed by atoms with E-state index in [2.05, 4.69) is 13.8 Å². The molecule has 0 fully saturated rings. The fourth-order valence-electron chi connectivity index (χ4n) is 1.20. The Bertz CT molecular complexity index is 222. The summed E-state index contributed by atoms with van der Waals surface area (Å²) in [6, 6.07) is 0. The number of hydrogen-bond acceptors (Lipinski definition) is 2. The Morgan fingerprint density at radius 3 is 2.15 bits per heavy atom. The van der Waals surface area contributed by atoms with Crippen molar-refractivity contribution in [2.45, 2.75) is 26.7 Å². The van der Waals surface area contributed by atoms with Crippen LogP contribution in [0.3, 0.4) is 0 Å². The van der Waals surface area contributed by atoms with E-state index in [-0.39, 0.29) is 5.75 Å². The zero-order chi connectivity index (χ0) is 10.5. The minimum absolute atomic E-state index is 0.285. The van der Waals surface area contributed by atoms with Crippen LogP contribution in [0.5, 0.6) is 0 Å². The molecule has 0 aromatic carbocycles. The van der Waals surface area contributed by atoms with E-state index >= 15 is 0 Å². The van der Waals surface area contributed by atoms with Gasteiger partial charge in [-0.1, -0.05) is 13.8 Å². The molecule has 80 valence electrons. The summed E-state index contributed by atoms with van der Waals surface area (Å²) in [5.41, 5.74) is 0. The standard InChI is InChI=1S/C9H19ClO2S/c1-8(2)9(7-10)5-4-6-13(3,11)12/h8-9H,4-7H2,1-3H3. The molecule has 0 heterocycles. The maximum Gasteiger partial charge on any atom is 0.147 e. The summed E-state index contributed by atoms with van der Waals surface area (Å²) in [6.07, 6.45) is 2.92. The third kappa shape index (κ3) is 7.32. The number of halogens is 1. The number of sulfone groups is 1. The van der Waals surface area contributed by atoms with Crippen LogP contribution in [0.15, 0.2) is 0 Å². The molecule has 0 rings (SSSR count). The van der Waals surface area contributed by atoms with Gasteiger partial charge in [0.25, 0.3) is 0 Å². The average Bonchev–Trinajstić information content (AvgIpc) is 1.95. The van der Waals surface area contributed by atoms with Crippen LogP contribution < -0.4 is 0 Å². The zero-order valence-electron chi connectivity index (χ0n) is 8.59. The van der Waals surface area contributed by atoms with Crippen molar-refractivity contribution in [1.29, 1.82) is 0 Å². The zero-order valence-corrected chi connectivity index (χ0v) is 10.2. The first kappa shape index (κ1) is 13.2. The van der Waals surface area contributed by atoms with Crippen molar-refractivity contribution in [3.05, 3.63) is 0 Å². The summed E-state index contributed by atoms with van der Waals surface area (Å²) < 4.78 is 21.7. The van der Waals surface area contributed by atoms with Crippen molar-refractivity contribution in [1.82, 2.24) is 0 Å².